The standard InChI is InChI=1S/C23H22N2O4/c1-3-22-10-11-23(29-22,12-13-26)19-18(22)20(27)25(21(19)28)17-9-8-16(24-2)14-6-4-5-7-15(14)17/h4-9,26-28H,3,10-13H2,1H3. The minimum Gasteiger partial charge on any atom is -0.494 e. The van der Waals surface area contributed by atoms with Crippen LogP contribution in [0.2, 0.25) is 0 Å². The highest BCUT2D eigenvalue weighted by Crippen LogP contribution is 2.66. The fraction of sp³-hybridized carbons (Fsp3) is 0.348. The summed E-state index contributed by atoms with van der Waals surface area (Å²) in [7, 11) is 0. The molecule has 3 aromatic rings. The molecule has 6 nitrogen and oxygen atoms in total. The van der Waals surface area contributed by atoms with Crippen LogP contribution in [0.3, 0.4) is 0 Å². The Kier molecular flexibility index (Phi) is 3.73. The highest BCUT2D eigenvalue weighted by atomic mass is 16.5. The number of aliphatic hydroxyl groups is 1. The Balaban J connectivity index is 1.83. The molecule has 2 aliphatic rings. The van der Waals surface area contributed by atoms with Crippen LogP contribution in [-0.2, 0) is 15.9 Å². The normalized spacial score (nSPS) is 24.7. The molecular weight excluding hydrogens is 368 g/mol. The minimum absolute atomic E-state index is 0.0282. The number of nitrogens with zero attached hydrogens (tertiary/aromatic N) is 2. The number of aliphatic hydroxyl groups excluding tert-OH is 1. The van der Waals surface area contributed by atoms with Crippen molar-refractivity contribution in [3.8, 4) is 17.4 Å². The summed E-state index contributed by atoms with van der Waals surface area (Å²) < 4.78 is 7.85. The van der Waals surface area contributed by atoms with Gasteiger partial charge in [-0.3, -0.25) is 4.57 Å². The van der Waals surface area contributed by atoms with Gasteiger partial charge >= 0.3 is 0 Å². The zero-order valence-electron chi connectivity index (χ0n) is 16.1. The third-order valence-electron chi connectivity index (χ3n) is 6.68. The molecule has 1 saturated heterocycles. The smallest absolute Gasteiger partial charge is 0.205 e. The molecule has 1 aromatic heterocycles. The Bertz CT molecular complexity index is 1190. The van der Waals surface area contributed by atoms with Gasteiger partial charge in [0.15, 0.2) is 5.69 Å². The van der Waals surface area contributed by atoms with Crippen molar-refractivity contribution in [3.63, 3.8) is 0 Å². The van der Waals surface area contributed by atoms with Crippen LogP contribution in [0.5, 0.6) is 11.8 Å². The number of fused-ring (bicyclic) bond motifs is 6. The van der Waals surface area contributed by atoms with Gasteiger partial charge in [-0.25, -0.2) is 4.85 Å². The average molecular weight is 390 g/mol. The molecule has 6 heteroatoms. The van der Waals surface area contributed by atoms with Gasteiger partial charge in [-0.05, 0) is 36.1 Å². The number of benzene rings is 2. The first-order valence-corrected chi connectivity index (χ1v) is 9.90. The highest BCUT2D eigenvalue weighted by molar-refractivity contribution is 6.00. The number of hydrogen-bond donors (Lipinski definition) is 3. The maximum absolute atomic E-state index is 11.3. The fourth-order valence-corrected chi connectivity index (χ4v) is 5.34. The summed E-state index contributed by atoms with van der Waals surface area (Å²) in [6, 6.07) is 11.0. The Morgan fingerprint density at radius 1 is 1.03 bits per heavy atom. The van der Waals surface area contributed by atoms with E-state index in [-0.39, 0.29) is 18.4 Å². The van der Waals surface area contributed by atoms with E-state index in [1.54, 1.807) is 12.1 Å². The highest BCUT2D eigenvalue weighted by Gasteiger charge is 2.62. The van der Waals surface area contributed by atoms with Crippen LogP contribution in [0.4, 0.5) is 5.69 Å². The molecule has 1 fully saturated rings. The lowest BCUT2D eigenvalue weighted by molar-refractivity contribution is -0.0996. The van der Waals surface area contributed by atoms with Gasteiger partial charge < -0.3 is 20.1 Å². The molecule has 2 atom stereocenters. The van der Waals surface area contributed by atoms with E-state index >= 15 is 0 Å². The number of aromatic nitrogens is 1. The quantitative estimate of drug-likeness (QED) is 0.569. The number of hydrogen-bond acceptors (Lipinski definition) is 4. The molecule has 0 radical (unpaired) electrons. The van der Waals surface area contributed by atoms with Crippen LogP contribution in [0.15, 0.2) is 36.4 Å². The predicted octanol–water partition coefficient (Wildman–Crippen LogP) is 4.60. The third kappa shape index (κ3) is 2.12. The molecule has 0 spiro atoms. The molecule has 0 aliphatic carbocycles. The molecule has 2 aliphatic heterocycles. The summed E-state index contributed by atoms with van der Waals surface area (Å²) in [6.45, 7) is 9.37. The van der Waals surface area contributed by atoms with Crippen molar-refractivity contribution in [2.45, 2.75) is 43.8 Å². The number of ether oxygens (including phenoxy) is 1. The van der Waals surface area contributed by atoms with E-state index in [0.29, 0.717) is 41.8 Å². The predicted molar refractivity (Wildman–Crippen MR) is 109 cm³/mol. The molecule has 5 rings (SSSR count). The summed E-state index contributed by atoms with van der Waals surface area (Å²) in [5.74, 6) is -0.0822. The summed E-state index contributed by atoms with van der Waals surface area (Å²) in [5, 5.41) is 33.7. The molecular formula is C23H22N2O4. The van der Waals surface area contributed by atoms with E-state index in [0.717, 1.165) is 17.2 Å². The van der Waals surface area contributed by atoms with Crippen LogP contribution in [0.1, 0.15) is 43.7 Å². The Hall–Kier alpha value is -3.01. The molecule has 2 aromatic carbocycles. The largest absolute Gasteiger partial charge is 0.494 e. The van der Waals surface area contributed by atoms with E-state index in [9.17, 15) is 15.3 Å². The van der Waals surface area contributed by atoms with E-state index in [4.69, 9.17) is 11.3 Å². The zero-order chi connectivity index (χ0) is 20.4. The van der Waals surface area contributed by atoms with Gasteiger partial charge in [-0.15, -0.1) is 0 Å². The lowest BCUT2D eigenvalue weighted by Crippen LogP contribution is -2.24. The van der Waals surface area contributed by atoms with Crippen LogP contribution in [-0.4, -0.2) is 26.5 Å². The van der Waals surface area contributed by atoms with Gasteiger partial charge in [-0.1, -0.05) is 37.3 Å². The van der Waals surface area contributed by atoms with Crippen LogP contribution < -0.4 is 0 Å². The minimum atomic E-state index is -0.779. The van der Waals surface area contributed by atoms with Crippen molar-refractivity contribution in [1.29, 1.82) is 0 Å². The molecule has 2 unspecified atom stereocenters. The second-order valence-corrected chi connectivity index (χ2v) is 7.91. The first-order chi connectivity index (χ1) is 14.0. The van der Waals surface area contributed by atoms with Crippen molar-refractivity contribution in [1.82, 2.24) is 4.57 Å². The van der Waals surface area contributed by atoms with Gasteiger partial charge in [0.1, 0.15) is 5.60 Å². The van der Waals surface area contributed by atoms with Crippen molar-refractivity contribution >= 4 is 16.5 Å². The second kappa shape index (κ2) is 5.99. The average Bonchev–Trinajstić information content (AvgIpc) is 3.34. The maximum atomic E-state index is 11.3. The monoisotopic (exact) mass is 390 g/mol. The summed E-state index contributed by atoms with van der Waals surface area (Å²) in [5.41, 5.74) is 0.935. The lowest BCUT2D eigenvalue weighted by atomic mass is 9.76. The van der Waals surface area contributed by atoms with E-state index < -0.39 is 11.2 Å². The maximum Gasteiger partial charge on any atom is 0.205 e. The SMILES string of the molecule is [C-]#[N+]c1ccc(-n2c(O)c3c(c2O)C2(CCO)CCC3(CC)O2)c2ccccc12. The van der Waals surface area contributed by atoms with Gasteiger partial charge in [0.2, 0.25) is 11.8 Å². The molecule has 0 amide bonds. The van der Waals surface area contributed by atoms with Crippen LogP contribution in [0.25, 0.3) is 21.3 Å². The molecule has 2 bridgehead atoms. The number of rotatable bonds is 4. The van der Waals surface area contributed by atoms with Crippen molar-refractivity contribution in [2.24, 2.45) is 0 Å². The van der Waals surface area contributed by atoms with Crippen LogP contribution in [0, 0.1) is 6.57 Å². The Morgan fingerprint density at radius 2 is 1.69 bits per heavy atom. The molecule has 0 saturated carbocycles. The fourth-order valence-electron chi connectivity index (χ4n) is 5.34. The number of aromatic hydroxyl groups is 2. The van der Waals surface area contributed by atoms with Crippen molar-refractivity contribution < 1.29 is 20.1 Å². The van der Waals surface area contributed by atoms with Crippen molar-refractivity contribution in [3.05, 3.63) is 58.9 Å². The first kappa shape index (κ1) is 18.0. The van der Waals surface area contributed by atoms with E-state index in [1.165, 1.54) is 4.57 Å². The van der Waals surface area contributed by atoms with Crippen LogP contribution >= 0.6 is 0 Å². The summed E-state index contributed by atoms with van der Waals surface area (Å²) in [6.07, 6.45) is 2.48. The van der Waals surface area contributed by atoms with Gasteiger partial charge in [0.05, 0.1) is 29.0 Å². The third-order valence-corrected chi connectivity index (χ3v) is 6.68. The zero-order valence-corrected chi connectivity index (χ0v) is 16.1. The van der Waals surface area contributed by atoms with Gasteiger partial charge in [-0.2, -0.15) is 0 Å². The molecule has 3 heterocycles. The van der Waals surface area contributed by atoms with E-state index in [1.807, 2.05) is 31.2 Å². The molecule has 148 valence electrons. The summed E-state index contributed by atoms with van der Waals surface area (Å²) >= 11 is 0. The molecule has 29 heavy (non-hydrogen) atoms. The van der Waals surface area contributed by atoms with Gasteiger partial charge in [0, 0.05) is 13.0 Å². The van der Waals surface area contributed by atoms with Gasteiger partial charge in [0.25, 0.3) is 0 Å². The van der Waals surface area contributed by atoms with E-state index in [2.05, 4.69) is 4.85 Å². The lowest BCUT2D eigenvalue weighted by Gasteiger charge is -2.26. The summed E-state index contributed by atoms with van der Waals surface area (Å²) in [4.78, 5) is 3.59. The Morgan fingerprint density at radius 3 is 2.34 bits per heavy atom. The first-order valence-electron chi connectivity index (χ1n) is 9.90. The Labute approximate surface area is 168 Å². The topological polar surface area (TPSA) is 79.2 Å². The molecule has 3 N–H and O–H groups in total. The van der Waals surface area contributed by atoms with Crippen molar-refractivity contribution in [2.75, 3.05) is 6.61 Å². The second-order valence-electron chi connectivity index (χ2n) is 7.91.